The van der Waals surface area contributed by atoms with Gasteiger partial charge < -0.3 is 9.88 Å². The zero-order valence-corrected chi connectivity index (χ0v) is 11.5. The monoisotopic (exact) mass is 269 g/mol. The Morgan fingerprint density at radius 2 is 2.30 bits per heavy atom. The maximum absolute atomic E-state index is 12.0. The SMILES string of the molecule is O=C(CC1CCc2ccccc21)NCCn1ccnc1. The van der Waals surface area contributed by atoms with Crippen molar-refractivity contribution in [2.24, 2.45) is 0 Å². The van der Waals surface area contributed by atoms with Crippen LogP contribution in [0.5, 0.6) is 0 Å². The Hall–Kier alpha value is -2.10. The molecule has 104 valence electrons. The van der Waals surface area contributed by atoms with Crippen LogP contribution in [-0.2, 0) is 17.8 Å². The Kier molecular flexibility index (Phi) is 3.81. The summed E-state index contributed by atoms with van der Waals surface area (Å²) < 4.78 is 1.96. The number of hydrogen-bond acceptors (Lipinski definition) is 2. The molecule has 0 saturated heterocycles. The number of fused-ring (bicyclic) bond motifs is 1. The summed E-state index contributed by atoms with van der Waals surface area (Å²) in [4.78, 5) is 16.0. The number of hydrogen-bond donors (Lipinski definition) is 1. The summed E-state index contributed by atoms with van der Waals surface area (Å²) in [6.07, 6.45) is 8.20. The van der Waals surface area contributed by atoms with Crippen LogP contribution in [0.4, 0.5) is 0 Å². The van der Waals surface area contributed by atoms with E-state index in [2.05, 4.69) is 34.6 Å². The lowest BCUT2D eigenvalue weighted by Crippen LogP contribution is -2.28. The first-order valence-electron chi connectivity index (χ1n) is 7.13. The molecular weight excluding hydrogens is 250 g/mol. The lowest BCUT2D eigenvalue weighted by Gasteiger charge is -2.12. The minimum atomic E-state index is 0.145. The van der Waals surface area contributed by atoms with E-state index in [0.29, 0.717) is 18.9 Å². The topological polar surface area (TPSA) is 46.9 Å². The fourth-order valence-electron chi connectivity index (χ4n) is 2.90. The number of nitrogens with zero attached hydrogens (tertiary/aromatic N) is 2. The van der Waals surface area contributed by atoms with Gasteiger partial charge in [0.1, 0.15) is 0 Å². The van der Waals surface area contributed by atoms with E-state index in [1.807, 2.05) is 10.8 Å². The van der Waals surface area contributed by atoms with Gasteiger partial charge in [0.25, 0.3) is 0 Å². The lowest BCUT2D eigenvalue weighted by atomic mass is 9.97. The van der Waals surface area contributed by atoms with E-state index < -0.39 is 0 Å². The number of nitrogens with one attached hydrogen (secondary N) is 1. The second-order valence-electron chi connectivity index (χ2n) is 5.29. The molecule has 1 aliphatic rings. The Morgan fingerprint density at radius 3 is 3.15 bits per heavy atom. The van der Waals surface area contributed by atoms with Crippen molar-refractivity contribution in [2.45, 2.75) is 31.7 Å². The molecule has 0 aliphatic heterocycles. The lowest BCUT2D eigenvalue weighted by molar-refractivity contribution is -0.121. The van der Waals surface area contributed by atoms with Crippen molar-refractivity contribution in [3.05, 3.63) is 54.1 Å². The fraction of sp³-hybridized carbons (Fsp3) is 0.375. The minimum Gasteiger partial charge on any atom is -0.354 e. The molecule has 1 atom stereocenters. The standard InChI is InChI=1S/C16H19N3O/c20-16(18-8-10-19-9-7-17-12-19)11-14-6-5-13-3-1-2-4-15(13)14/h1-4,7,9,12,14H,5-6,8,10-11H2,(H,18,20). The second-order valence-corrected chi connectivity index (χ2v) is 5.29. The highest BCUT2D eigenvalue weighted by atomic mass is 16.1. The van der Waals surface area contributed by atoms with E-state index in [1.54, 1.807) is 12.5 Å². The zero-order valence-electron chi connectivity index (χ0n) is 11.5. The van der Waals surface area contributed by atoms with Crippen molar-refractivity contribution < 1.29 is 4.79 Å². The molecular formula is C16H19N3O. The Morgan fingerprint density at radius 1 is 1.40 bits per heavy atom. The molecule has 0 spiro atoms. The van der Waals surface area contributed by atoms with Crippen LogP contribution in [0, 0.1) is 0 Å². The zero-order chi connectivity index (χ0) is 13.8. The molecule has 0 saturated carbocycles. The highest BCUT2D eigenvalue weighted by Crippen LogP contribution is 2.34. The van der Waals surface area contributed by atoms with E-state index >= 15 is 0 Å². The highest BCUT2D eigenvalue weighted by molar-refractivity contribution is 5.77. The number of imidazole rings is 1. The second kappa shape index (κ2) is 5.90. The summed E-state index contributed by atoms with van der Waals surface area (Å²) in [7, 11) is 0. The summed E-state index contributed by atoms with van der Waals surface area (Å²) in [5.41, 5.74) is 2.76. The van der Waals surface area contributed by atoms with Crippen LogP contribution in [0.15, 0.2) is 43.0 Å². The van der Waals surface area contributed by atoms with Gasteiger partial charge in [-0.15, -0.1) is 0 Å². The third-order valence-electron chi connectivity index (χ3n) is 3.94. The molecule has 3 rings (SSSR count). The fourth-order valence-corrected chi connectivity index (χ4v) is 2.90. The van der Waals surface area contributed by atoms with Crippen LogP contribution in [0.3, 0.4) is 0 Å². The molecule has 0 fully saturated rings. The number of aryl methyl sites for hydroxylation is 1. The summed E-state index contributed by atoms with van der Waals surface area (Å²) in [6.45, 7) is 1.43. The smallest absolute Gasteiger partial charge is 0.220 e. The first-order chi connectivity index (χ1) is 9.83. The molecule has 1 aromatic carbocycles. The van der Waals surface area contributed by atoms with Crippen LogP contribution in [0.1, 0.15) is 29.9 Å². The molecule has 1 heterocycles. The number of benzene rings is 1. The molecule has 1 unspecified atom stereocenters. The van der Waals surface area contributed by atoms with Crippen LogP contribution in [-0.4, -0.2) is 22.0 Å². The van der Waals surface area contributed by atoms with Gasteiger partial charge >= 0.3 is 0 Å². The number of amides is 1. The predicted octanol–water partition coefficient (Wildman–Crippen LogP) is 2.12. The number of aromatic nitrogens is 2. The third-order valence-corrected chi connectivity index (χ3v) is 3.94. The molecule has 0 radical (unpaired) electrons. The van der Waals surface area contributed by atoms with Crippen LogP contribution in [0.25, 0.3) is 0 Å². The van der Waals surface area contributed by atoms with Gasteiger partial charge in [-0.1, -0.05) is 24.3 Å². The van der Waals surface area contributed by atoms with Gasteiger partial charge in [0, 0.05) is 31.9 Å². The molecule has 2 aromatic rings. The van der Waals surface area contributed by atoms with Gasteiger partial charge in [0.2, 0.25) is 5.91 Å². The van der Waals surface area contributed by atoms with Crippen molar-refractivity contribution in [1.82, 2.24) is 14.9 Å². The van der Waals surface area contributed by atoms with Crippen molar-refractivity contribution in [3.63, 3.8) is 0 Å². The van der Waals surface area contributed by atoms with Crippen molar-refractivity contribution in [2.75, 3.05) is 6.54 Å². The number of carbonyl (C=O) groups is 1. The van der Waals surface area contributed by atoms with Gasteiger partial charge in [-0.2, -0.15) is 0 Å². The van der Waals surface area contributed by atoms with Crippen LogP contribution in [0.2, 0.25) is 0 Å². The average molecular weight is 269 g/mol. The van der Waals surface area contributed by atoms with Gasteiger partial charge in [0.05, 0.1) is 6.33 Å². The van der Waals surface area contributed by atoms with Gasteiger partial charge in [0.15, 0.2) is 0 Å². The van der Waals surface area contributed by atoms with Gasteiger partial charge in [-0.3, -0.25) is 4.79 Å². The normalized spacial score (nSPS) is 16.9. The van der Waals surface area contributed by atoms with Crippen molar-refractivity contribution in [1.29, 1.82) is 0 Å². The van der Waals surface area contributed by atoms with E-state index in [9.17, 15) is 4.79 Å². The molecule has 1 amide bonds. The van der Waals surface area contributed by atoms with Crippen molar-refractivity contribution >= 4 is 5.91 Å². The molecule has 4 heteroatoms. The van der Waals surface area contributed by atoms with Crippen LogP contribution >= 0.6 is 0 Å². The first kappa shape index (κ1) is 12.9. The molecule has 1 aromatic heterocycles. The van der Waals surface area contributed by atoms with E-state index in [-0.39, 0.29) is 5.91 Å². The molecule has 1 N–H and O–H groups in total. The Labute approximate surface area is 118 Å². The molecule has 0 bridgehead atoms. The van der Waals surface area contributed by atoms with Gasteiger partial charge in [-0.25, -0.2) is 4.98 Å². The Balaban J connectivity index is 1.48. The largest absolute Gasteiger partial charge is 0.354 e. The maximum atomic E-state index is 12.0. The summed E-state index contributed by atoms with van der Waals surface area (Å²) in [5, 5.41) is 2.99. The number of rotatable bonds is 5. The van der Waals surface area contributed by atoms with Crippen molar-refractivity contribution in [3.8, 4) is 0 Å². The van der Waals surface area contributed by atoms with E-state index in [0.717, 1.165) is 19.4 Å². The van der Waals surface area contributed by atoms with Crippen LogP contribution < -0.4 is 5.32 Å². The highest BCUT2D eigenvalue weighted by Gasteiger charge is 2.23. The van der Waals surface area contributed by atoms with E-state index in [1.165, 1.54) is 11.1 Å². The Bertz CT molecular complexity index is 577. The third kappa shape index (κ3) is 2.90. The quantitative estimate of drug-likeness (QED) is 0.903. The number of carbonyl (C=O) groups excluding carboxylic acids is 1. The maximum Gasteiger partial charge on any atom is 0.220 e. The predicted molar refractivity (Wildman–Crippen MR) is 77.4 cm³/mol. The minimum absolute atomic E-state index is 0.145. The van der Waals surface area contributed by atoms with Gasteiger partial charge in [-0.05, 0) is 29.9 Å². The summed E-state index contributed by atoms with van der Waals surface area (Å²) in [5.74, 6) is 0.534. The molecule has 20 heavy (non-hydrogen) atoms. The summed E-state index contributed by atoms with van der Waals surface area (Å²) in [6, 6.07) is 8.47. The summed E-state index contributed by atoms with van der Waals surface area (Å²) >= 11 is 0. The van der Waals surface area contributed by atoms with E-state index in [4.69, 9.17) is 0 Å². The average Bonchev–Trinajstić information content (AvgIpc) is 3.09. The molecule has 1 aliphatic carbocycles. The molecule has 4 nitrogen and oxygen atoms in total. The first-order valence-corrected chi connectivity index (χ1v) is 7.13.